The number of nitro benzene ring substituents is 1. The zero-order valence-electron chi connectivity index (χ0n) is 9.92. The van der Waals surface area contributed by atoms with Gasteiger partial charge in [0.1, 0.15) is 11.3 Å². The molecule has 1 amide bonds. The zero-order valence-corrected chi connectivity index (χ0v) is 10.7. The Kier molecular flexibility index (Phi) is 3.81. The van der Waals surface area contributed by atoms with E-state index in [1.165, 1.54) is 30.6 Å². The molecule has 102 valence electrons. The second-order valence-corrected chi connectivity index (χ2v) is 4.23. The van der Waals surface area contributed by atoms with Crippen LogP contribution in [0.5, 0.6) is 0 Å². The van der Waals surface area contributed by atoms with Crippen molar-refractivity contribution in [3.8, 4) is 0 Å². The van der Waals surface area contributed by atoms with Crippen LogP contribution in [0.1, 0.15) is 10.4 Å². The fraction of sp³-hybridized carbons (Fsp3) is 0. The molecule has 0 aliphatic heterocycles. The summed E-state index contributed by atoms with van der Waals surface area (Å²) >= 11 is 5.67. The van der Waals surface area contributed by atoms with Gasteiger partial charge in [-0.2, -0.15) is 0 Å². The predicted molar refractivity (Wildman–Crippen MR) is 73.1 cm³/mol. The topological polar surface area (TPSA) is 105 Å². The molecule has 7 nitrogen and oxygen atoms in total. The lowest BCUT2D eigenvalue weighted by molar-refractivity contribution is -0.383. The number of anilines is 1. The van der Waals surface area contributed by atoms with Gasteiger partial charge in [-0.15, -0.1) is 0 Å². The number of nitrogens with zero attached hydrogens (tertiary/aromatic N) is 1. The van der Waals surface area contributed by atoms with Gasteiger partial charge in [0.2, 0.25) is 0 Å². The van der Waals surface area contributed by atoms with Crippen molar-refractivity contribution in [3.05, 3.63) is 67.6 Å². The van der Waals surface area contributed by atoms with Crippen LogP contribution in [0, 0.1) is 10.1 Å². The number of carbonyl (C=O) groups is 1. The highest BCUT2D eigenvalue weighted by molar-refractivity contribution is 6.31. The van der Waals surface area contributed by atoms with E-state index in [0.717, 1.165) is 6.07 Å². The Labute approximate surface area is 117 Å². The molecule has 0 unspecified atom stereocenters. The number of nitrogens with one attached hydrogen (secondary N) is 2. The number of pyridine rings is 1. The molecule has 0 aliphatic rings. The summed E-state index contributed by atoms with van der Waals surface area (Å²) in [5.41, 5.74) is -1.01. The van der Waals surface area contributed by atoms with Gasteiger partial charge in [0.25, 0.3) is 11.6 Å². The van der Waals surface area contributed by atoms with Crippen molar-refractivity contribution in [2.75, 3.05) is 5.32 Å². The first-order valence-corrected chi connectivity index (χ1v) is 5.79. The van der Waals surface area contributed by atoms with Gasteiger partial charge in [0, 0.05) is 29.5 Å². The first-order chi connectivity index (χ1) is 9.49. The normalized spacial score (nSPS) is 10.1. The number of rotatable bonds is 3. The Bertz CT molecular complexity index is 741. The average molecular weight is 294 g/mol. The maximum Gasteiger partial charge on any atom is 0.294 e. The molecule has 8 heteroatoms. The highest BCUT2D eigenvalue weighted by Crippen LogP contribution is 2.27. The Morgan fingerprint density at radius 1 is 1.35 bits per heavy atom. The quantitative estimate of drug-likeness (QED) is 0.668. The van der Waals surface area contributed by atoms with E-state index < -0.39 is 16.3 Å². The predicted octanol–water partition coefficient (Wildman–Crippen LogP) is 2.19. The summed E-state index contributed by atoms with van der Waals surface area (Å²) < 4.78 is 0. The third-order valence-corrected chi connectivity index (χ3v) is 2.71. The number of aromatic amines is 1. The monoisotopic (exact) mass is 293 g/mol. The van der Waals surface area contributed by atoms with Crippen LogP contribution >= 0.6 is 11.6 Å². The van der Waals surface area contributed by atoms with Gasteiger partial charge in [-0.3, -0.25) is 19.7 Å². The molecular formula is C12H8ClN3O4. The minimum Gasteiger partial charge on any atom is -0.367 e. The standard InChI is InChI=1S/C12H8ClN3O4/c13-7-1-2-9(10(5-7)16(19)20)15-12(18)8-6-14-4-3-11(8)17/h1-6H,(H,14,17)(H,15,18). The largest absolute Gasteiger partial charge is 0.367 e. The number of halogens is 1. The molecule has 0 radical (unpaired) electrons. The molecule has 0 spiro atoms. The van der Waals surface area contributed by atoms with Gasteiger partial charge in [0.15, 0.2) is 5.43 Å². The average Bonchev–Trinajstić information content (AvgIpc) is 2.41. The number of H-pyrrole nitrogens is 1. The van der Waals surface area contributed by atoms with Crippen molar-refractivity contribution in [2.45, 2.75) is 0 Å². The summed E-state index contributed by atoms with van der Waals surface area (Å²) in [4.78, 5) is 36.2. The first kappa shape index (κ1) is 13.8. The van der Waals surface area contributed by atoms with Gasteiger partial charge in [-0.25, -0.2) is 0 Å². The number of amides is 1. The molecule has 0 bridgehead atoms. The summed E-state index contributed by atoms with van der Waals surface area (Å²) in [7, 11) is 0. The minimum absolute atomic E-state index is 0.0346. The molecule has 2 N–H and O–H groups in total. The number of hydrogen-bond donors (Lipinski definition) is 2. The first-order valence-electron chi connectivity index (χ1n) is 5.41. The lowest BCUT2D eigenvalue weighted by Crippen LogP contribution is -2.21. The van der Waals surface area contributed by atoms with Crippen LogP contribution in [-0.2, 0) is 0 Å². The van der Waals surface area contributed by atoms with Gasteiger partial charge >= 0.3 is 0 Å². The van der Waals surface area contributed by atoms with Crippen molar-refractivity contribution in [1.29, 1.82) is 0 Å². The van der Waals surface area contributed by atoms with Crippen LogP contribution in [0.25, 0.3) is 0 Å². The molecule has 2 aromatic rings. The summed E-state index contributed by atoms with van der Waals surface area (Å²) in [6, 6.07) is 5.01. The van der Waals surface area contributed by atoms with Gasteiger partial charge in [-0.05, 0) is 12.1 Å². The Balaban J connectivity index is 2.36. The molecule has 0 saturated carbocycles. The molecule has 20 heavy (non-hydrogen) atoms. The van der Waals surface area contributed by atoms with Crippen LogP contribution < -0.4 is 10.7 Å². The lowest BCUT2D eigenvalue weighted by Gasteiger charge is -2.05. The van der Waals surface area contributed by atoms with Crippen LogP contribution in [0.3, 0.4) is 0 Å². The van der Waals surface area contributed by atoms with E-state index in [1.54, 1.807) is 0 Å². The smallest absolute Gasteiger partial charge is 0.294 e. The van der Waals surface area contributed by atoms with Gasteiger partial charge in [0.05, 0.1) is 4.92 Å². The summed E-state index contributed by atoms with van der Waals surface area (Å²) in [5.74, 6) is -0.739. The molecule has 0 saturated heterocycles. The lowest BCUT2D eigenvalue weighted by atomic mass is 10.2. The summed E-state index contributed by atoms with van der Waals surface area (Å²) in [6.07, 6.45) is 2.60. The van der Waals surface area contributed by atoms with Crippen LogP contribution in [-0.4, -0.2) is 15.8 Å². The van der Waals surface area contributed by atoms with Crippen LogP contribution in [0.2, 0.25) is 5.02 Å². The fourth-order valence-corrected chi connectivity index (χ4v) is 1.71. The zero-order chi connectivity index (χ0) is 14.7. The minimum atomic E-state index is -0.739. The van der Waals surface area contributed by atoms with E-state index in [0.29, 0.717) is 0 Å². The molecular weight excluding hydrogens is 286 g/mol. The maximum atomic E-state index is 11.9. The van der Waals surface area contributed by atoms with Crippen molar-refractivity contribution < 1.29 is 9.72 Å². The molecule has 0 atom stereocenters. The summed E-state index contributed by atoms with van der Waals surface area (Å²) in [6.45, 7) is 0. The number of aromatic nitrogens is 1. The van der Waals surface area contributed by atoms with E-state index in [4.69, 9.17) is 11.6 Å². The molecule has 0 fully saturated rings. The molecule has 1 aromatic carbocycles. The number of hydrogen-bond acceptors (Lipinski definition) is 4. The highest BCUT2D eigenvalue weighted by atomic mass is 35.5. The molecule has 1 aromatic heterocycles. The molecule has 1 heterocycles. The number of benzene rings is 1. The third-order valence-electron chi connectivity index (χ3n) is 2.47. The van der Waals surface area contributed by atoms with E-state index >= 15 is 0 Å². The molecule has 0 aliphatic carbocycles. The van der Waals surface area contributed by atoms with Crippen LogP contribution in [0.4, 0.5) is 11.4 Å². The van der Waals surface area contributed by atoms with Crippen LogP contribution in [0.15, 0.2) is 41.5 Å². The molecule has 2 rings (SSSR count). The fourth-order valence-electron chi connectivity index (χ4n) is 1.54. The number of nitro groups is 1. The van der Waals surface area contributed by atoms with E-state index in [2.05, 4.69) is 10.3 Å². The van der Waals surface area contributed by atoms with Crippen molar-refractivity contribution in [2.24, 2.45) is 0 Å². The summed E-state index contributed by atoms with van der Waals surface area (Å²) in [5, 5.41) is 13.4. The van der Waals surface area contributed by atoms with Gasteiger partial charge in [-0.1, -0.05) is 11.6 Å². The third kappa shape index (κ3) is 2.83. The Hall–Kier alpha value is -2.67. The SMILES string of the molecule is O=C(Nc1ccc(Cl)cc1[N+](=O)[O-])c1c[nH]ccc1=O. The van der Waals surface area contributed by atoms with E-state index in [-0.39, 0.29) is 22.0 Å². The van der Waals surface area contributed by atoms with E-state index in [1.807, 2.05) is 0 Å². The van der Waals surface area contributed by atoms with Crippen molar-refractivity contribution in [3.63, 3.8) is 0 Å². The van der Waals surface area contributed by atoms with Crippen molar-refractivity contribution >= 4 is 28.9 Å². The Morgan fingerprint density at radius 3 is 2.75 bits per heavy atom. The highest BCUT2D eigenvalue weighted by Gasteiger charge is 2.18. The van der Waals surface area contributed by atoms with Gasteiger partial charge < -0.3 is 10.3 Å². The van der Waals surface area contributed by atoms with Crippen molar-refractivity contribution in [1.82, 2.24) is 4.98 Å². The van der Waals surface area contributed by atoms with E-state index in [9.17, 15) is 19.7 Å². The number of carbonyl (C=O) groups excluding carboxylic acids is 1. The Morgan fingerprint density at radius 2 is 2.10 bits per heavy atom. The maximum absolute atomic E-state index is 11.9. The second kappa shape index (κ2) is 5.54. The second-order valence-electron chi connectivity index (χ2n) is 3.79.